The fourth-order valence-corrected chi connectivity index (χ4v) is 2.36. The van der Waals surface area contributed by atoms with E-state index >= 15 is 0 Å². The second-order valence-corrected chi connectivity index (χ2v) is 5.83. The SMILES string of the molecule is CCCCOc1ccc(C=C(C#N)C(=O)Nc2ccccc2)cc1OCC. The van der Waals surface area contributed by atoms with Crippen molar-refractivity contribution in [1.82, 2.24) is 0 Å². The smallest absolute Gasteiger partial charge is 0.266 e. The van der Waals surface area contributed by atoms with E-state index in [0.717, 1.165) is 12.8 Å². The summed E-state index contributed by atoms with van der Waals surface area (Å²) in [6, 6.07) is 16.4. The van der Waals surface area contributed by atoms with E-state index in [-0.39, 0.29) is 5.57 Å². The van der Waals surface area contributed by atoms with Crippen LogP contribution in [0.25, 0.3) is 6.08 Å². The second kappa shape index (κ2) is 10.7. The molecule has 0 heterocycles. The van der Waals surface area contributed by atoms with E-state index in [1.165, 1.54) is 6.08 Å². The molecule has 0 saturated carbocycles. The Morgan fingerprint density at radius 1 is 1.11 bits per heavy atom. The first kappa shape index (κ1) is 20.1. The number of nitriles is 1. The highest BCUT2D eigenvalue weighted by molar-refractivity contribution is 6.09. The van der Waals surface area contributed by atoms with E-state index in [1.807, 2.05) is 31.2 Å². The number of amides is 1. The Morgan fingerprint density at radius 2 is 1.89 bits per heavy atom. The molecule has 0 radical (unpaired) electrons. The predicted molar refractivity (Wildman–Crippen MR) is 107 cm³/mol. The molecule has 0 aliphatic heterocycles. The van der Waals surface area contributed by atoms with Gasteiger partial charge >= 0.3 is 0 Å². The monoisotopic (exact) mass is 364 g/mol. The second-order valence-electron chi connectivity index (χ2n) is 5.83. The van der Waals surface area contributed by atoms with Gasteiger partial charge in [-0.15, -0.1) is 0 Å². The van der Waals surface area contributed by atoms with Gasteiger partial charge in [-0.1, -0.05) is 37.6 Å². The van der Waals surface area contributed by atoms with E-state index in [1.54, 1.807) is 30.3 Å². The Balaban J connectivity index is 2.20. The summed E-state index contributed by atoms with van der Waals surface area (Å²) in [4.78, 5) is 12.3. The number of carbonyl (C=O) groups excluding carboxylic acids is 1. The first-order valence-electron chi connectivity index (χ1n) is 9.05. The van der Waals surface area contributed by atoms with Crippen LogP contribution >= 0.6 is 0 Å². The third kappa shape index (κ3) is 6.19. The number of para-hydroxylation sites is 1. The van der Waals surface area contributed by atoms with Gasteiger partial charge in [0.25, 0.3) is 5.91 Å². The van der Waals surface area contributed by atoms with Crippen molar-refractivity contribution < 1.29 is 14.3 Å². The summed E-state index contributed by atoms with van der Waals surface area (Å²) in [5.74, 6) is 0.808. The summed E-state index contributed by atoms with van der Waals surface area (Å²) in [6.07, 6.45) is 3.55. The molecule has 0 spiro atoms. The van der Waals surface area contributed by atoms with Crippen molar-refractivity contribution in [2.24, 2.45) is 0 Å². The van der Waals surface area contributed by atoms with Crippen LogP contribution < -0.4 is 14.8 Å². The first-order chi connectivity index (χ1) is 13.2. The largest absolute Gasteiger partial charge is 0.490 e. The van der Waals surface area contributed by atoms with E-state index in [0.29, 0.717) is 36.0 Å². The van der Waals surface area contributed by atoms with E-state index < -0.39 is 5.91 Å². The number of ether oxygens (including phenoxy) is 2. The molecule has 0 bridgehead atoms. The number of nitrogens with zero attached hydrogens (tertiary/aromatic N) is 1. The highest BCUT2D eigenvalue weighted by Crippen LogP contribution is 2.29. The van der Waals surface area contributed by atoms with Crippen LogP contribution in [-0.2, 0) is 4.79 Å². The molecular weight excluding hydrogens is 340 g/mol. The van der Waals surface area contributed by atoms with Gasteiger partial charge in [0.05, 0.1) is 13.2 Å². The third-order valence-electron chi connectivity index (χ3n) is 3.73. The molecule has 140 valence electrons. The fraction of sp³-hybridized carbons (Fsp3) is 0.273. The molecule has 0 aliphatic rings. The molecule has 5 nitrogen and oxygen atoms in total. The quantitative estimate of drug-likeness (QED) is 0.394. The molecule has 0 unspecified atom stereocenters. The lowest BCUT2D eigenvalue weighted by molar-refractivity contribution is -0.112. The van der Waals surface area contributed by atoms with Crippen LogP contribution in [-0.4, -0.2) is 19.1 Å². The molecule has 0 atom stereocenters. The summed E-state index contributed by atoms with van der Waals surface area (Å²) in [5.41, 5.74) is 1.35. The van der Waals surface area contributed by atoms with Gasteiger partial charge in [0.15, 0.2) is 11.5 Å². The summed E-state index contributed by atoms with van der Waals surface area (Å²) >= 11 is 0. The van der Waals surface area contributed by atoms with Crippen LogP contribution in [0.4, 0.5) is 5.69 Å². The zero-order valence-corrected chi connectivity index (χ0v) is 15.7. The van der Waals surface area contributed by atoms with Crippen LogP contribution in [0.1, 0.15) is 32.3 Å². The van der Waals surface area contributed by atoms with Crippen molar-refractivity contribution in [3.8, 4) is 17.6 Å². The van der Waals surface area contributed by atoms with Crippen LogP contribution in [0, 0.1) is 11.3 Å². The van der Waals surface area contributed by atoms with Gasteiger partial charge in [-0.25, -0.2) is 0 Å². The minimum Gasteiger partial charge on any atom is -0.490 e. The average Bonchev–Trinajstić information content (AvgIpc) is 2.68. The highest BCUT2D eigenvalue weighted by Gasteiger charge is 2.11. The van der Waals surface area contributed by atoms with Crippen molar-refractivity contribution >= 4 is 17.7 Å². The van der Waals surface area contributed by atoms with Gasteiger partial charge in [0.1, 0.15) is 11.6 Å². The third-order valence-corrected chi connectivity index (χ3v) is 3.73. The Hall–Kier alpha value is -3.26. The maximum atomic E-state index is 12.3. The maximum Gasteiger partial charge on any atom is 0.266 e. The fourth-order valence-electron chi connectivity index (χ4n) is 2.36. The van der Waals surface area contributed by atoms with Crippen molar-refractivity contribution in [3.63, 3.8) is 0 Å². The summed E-state index contributed by atoms with van der Waals surface area (Å²) in [7, 11) is 0. The molecule has 0 saturated heterocycles. The molecule has 0 fully saturated rings. The Morgan fingerprint density at radius 3 is 2.56 bits per heavy atom. The van der Waals surface area contributed by atoms with Crippen molar-refractivity contribution in [1.29, 1.82) is 5.26 Å². The molecule has 2 rings (SSSR count). The number of carbonyl (C=O) groups is 1. The van der Waals surface area contributed by atoms with Crippen LogP contribution in [0.15, 0.2) is 54.1 Å². The zero-order chi connectivity index (χ0) is 19.5. The lowest BCUT2D eigenvalue weighted by Gasteiger charge is -2.12. The van der Waals surface area contributed by atoms with Gasteiger partial charge in [0.2, 0.25) is 0 Å². The van der Waals surface area contributed by atoms with Crippen molar-refractivity contribution in [2.45, 2.75) is 26.7 Å². The lowest BCUT2D eigenvalue weighted by atomic mass is 10.1. The number of hydrogen-bond donors (Lipinski definition) is 1. The molecule has 2 aromatic rings. The van der Waals surface area contributed by atoms with Gasteiger partial charge in [-0.3, -0.25) is 4.79 Å². The van der Waals surface area contributed by atoms with Crippen molar-refractivity contribution in [2.75, 3.05) is 18.5 Å². The average molecular weight is 364 g/mol. The first-order valence-corrected chi connectivity index (χ1v) is 9.05. The lowest BCUT2D eigenvalue weighted by Crippen LogP contribution is -2.13. The van der Waals surface area contributed by atoms with E-state index in [9.17, 15) is 10.1 Å². The van der Waals surface area contributed by atoms with Crippen LogP contribution in [0.3, 0.4) is 0 Å². The number of benzene rings is 2. The van der Waals surface area contributed by atoms with Gasteiger partial charge in [-0.05, 0) is 49.2 Å². The molecule has 1 amide bonds. The predicted octanol–water partition coefficient (Wildman–Crippen LogP) is 4.81. The van der Waals surface area contributed by atoms with Crippen molar-refractivity contribution in [3.05, 3.63) is 59.7 Å². The van der Waals surface area contributed by atoms with Crippen LogP contribution in [0.2, 0.25) is 0 Å². The Kier molecular flexibility index (Phi) is 7.92. The molecule has 2 aromatic carbocycles. The molecule has 0 aromatic heterocycles. The minimum absolute atomic E-state index is 0.0148. The number of rotatable bonds is 9. The minimum atomic E-state index is -0.454. The van der Waals surface area contributed by atoms with E-state index in [4.69, 9.17) is 9.47 Å². The number of unbranched alkanes of at least 4 members (excludes halogenated alkanes) is 1. The topological polar surface area (TPSA) is 71.3 Å². The maximum absolute atomic E-state index is 12.3. The number of hydrogen-bond acceptors (Lipinski definition) is 4. The number of nitrogens with one attached hydrogen (secondary N) is 1. The molecule has 0 aliphatic carbocycles. The van der Waals surface area contributed by atoms with E-state index in [2.05, 4.69) is 12.2 Å². The summed E-state index contributed by atoms with van der Waals surface area (Å²) in [5, 5.41) is 12.1. The normalized spacial score (nSPS) is 10.8. The Bertz CT molecular complexity index is 823. The summed E-state index contributed by atoms with van der Waals surface area (Å²) < 4.78 is 11.4. The standard InChI is InChI=1S/C22H24N2O3/c1-3-5-13-27-20-12-11-17(15-21(20)26-4-2)14-18(16-23)22(25)24-19-9-7-6-8-10-19/h6-12,14-15H,3-5,13H2,1-2H3,(H,24,25). The van der Waals surface area contributed by atoms with Crippen LogP contribution in [0.5, 0.6) is 11.5 Å². The summed E-state index contributed by atoms with van der Waals surface area (Å²) in [6.45, 7) is 5.11. The van der Waals surface area contributed by atoms with Gasteiger partial charge in [-0.2, -0.15) is 5.26 Å². The Labute approximate surface area is 160 Å². The van der Waals surface area contributed by atoms with Gasteiger partial charge in [0, 0.05) is 5.69 Å². The number of anilines is 1. The van der Waals surface area contributed by atoms with Gasteiger partial charge < -0.3 is 14.8 Å². The molecule has 1 N–H and O–H groups in total. The highest BCUT2D eigenvalue weighted by atomic mass is 16.5. The molecular formula is C22H24N2O3. The molecule has 5 heteroatoms. The molecule has 27 heavy (non-hydrogen) atoms. The zero-order valence-electron chi connectivity index (χ0n) is 15.7.